The number of nitrogens with one attached hydrogen (secondary N) is 1. The van der Waals surface area contributed by atoms with Gasteiger partial charge in [0.15, 0.2) is 0 Å². The van der Waals surface area contributed by atoms with Crippen LogP contribution in [0, 0.1) is 5.92 Å². The Bertz CT molecular complexity index is 502. The van der Waals surface area contributed by atoms with Crippen molar-refractivity contribution in [2.75, 3.05) is 7.05 Å². The second-order valence-corrected chi connectivity index (χ2v) is 5.59. The van der Waals surface area contributed by atoms with Crippen molar-refractivity contribution in [3.05, 3.63) is 29.8 Å². The van der Waals surface area contributed by atoms with E-state index in [1.807, 2.05) is 0 Å². The smallest absolute Gasteiger partial charge is 0.317 e. The number of hydrogen-bond acceptors (Lipinski definition) is 3. The molecule has 1 saturated carbocycles. The van der Waals surface area contributed by atoms with Crippen LogP contribution in [0.4, 0.5) is 0 Å². The average molecular weight is 288 g/mol. The van der Waals surface area contributed by atoms with Crippen LogP contribution in [-0.4, -0.2) is 23.3 Å². The molecule has 0 aliphatic heterocycles. The minimum absolute atomic E-state index is 0.247. The lowest BCUT2D eigenvalue weighted by Gasteiger charge is -2.06. The highest BCUT2D eigenvalue weighted by atomic mass is 35.5. The third-order valence-corrected chi connectivity index (χ3v) is 3.49. The van der Waals surface area contributed by atoms with Crippen molar-refractivity contribution >= 4 is 35.1 Å². The van der Waals surface area contributed by atoms with Crippen LogP contribution in [0.3, 0.4) is 0 Å². The lowest BCUT2D eigenvalue weighted by atomic mass is 10.2. The summed E-state index contributed by atoms with van der Waals surface area (Å²) in [5.41, 5.74) is 0.418. The Labute approximate surface area is 114 Å². The summed E-state index contributed by atoms with van der Waals surface area (Å²) >= 11 is 11.5. The zero-order valence-corrected chi connectivity index (χ0v) is 11.1. The number of carbonyl (C=O) groups excluding carboxylic acids is 2. The summed E-state index contributed by atoms with van der Waals surface area (Å²) in [6.07, 6.45) is 0.393. The van der Waals surface area contributed by atoms with E-state index < -0.39 is 16.2 Å². The molecule has 0 radical (unpaired) electrons. The number of ether oxygens (including phenoxy) is 1. The number of rotatable bonds is 3. The Balaban J connectivity index is 2.06. The Morgan fingerprint density at radius 3 is 2.67 bits per heavy atom. The third kappa shape index (κ3) is 2.76. The quantitative estimate of drug-likeness (QED) is 0.526. The standard InChI is InChI=1S/C12H11Cl2NO3/c1-15-10(16)7-3-2-4-8(5-7)18-11(17)9-6-12(9,13)14/h2-5,9H,6H2,1H3,(H,15,16). The minimum Gasteiger partial charge on any atom is -0.426 e. The number of hydrogen-bond donors (Lipinski definition) is 1. The number of benzene rings is 1. The topological polar surface area (TPSA) is 55.4 Å². The van der Waals surface area contributed by atoms with Crippen LogP contribution >= 0.6 is 23.2 Å². The molecule has 1 unspecified atom stereocenters. The molecule has 1 amide bonds. The molecule has 0 saturated heterocycles. The average Bonchev–Trinajstić information content (AvgIpc) is 2.98. The molecule has 0 bridgehead atoms. The van der Waals surface area contributed by atoms with Gasteiger partial charge >= 0.3 is 5.97 Å². The van der Waals surface area contributed by atoms with Crippen LogP contribution in [0.5, 0.6) is 5.75 Å². The Morgan fingerprint density at radius 1 is 1.44 bits per heavy atom. The van der Waals surface area contributed by atoms with Crippen molar-refractivity contribution in [3.63, 3.8) is 0 Å². The molecule has 1 fully saturated rings. The van der Waals surface area contributed by atoms with E-state index in [0.717, 1.165) is 0 Å². The van der Waals surface area contributed by atoms with Crippen LogP contribution < -0.4 is 10.1 Å². The zero-order chi connectivity index (χ0) is 13.3. The van der Waals surface area contributed by atoms with Crippen LogP contribution in [0.15, 0.2) is 24.3 Å². The molecule has 0 aromatic heterocycles. The van der Waals surface area contributed by atoms with Gasteiger partial charge in [-0.3, -0.25) is 9.59 Å². The first-order valence-electron chi connectivity index (χ1n) is 5.35. The molecule has 6 heteroatoms. The van der Waals surface area contributed by atoms with Gasteiger partial charge in [-0.2, -0.15) is 0 Å². The van der Waals surface area contributed by atoms with E-state index in [9.17, 15) is 9.59 Å². The van der Waals surface area contributed by atoms with Crippen molar-refractivity contribution < 1.29 is 14.3 Å². The number of alkyl halides is 2. The first-order valence-corrected chi connectivity index (χ1v) is 6.11. The summed E-state index contributed by atoms with van der Waals surface area (Å²) in [4.78, 5) is 23.1. The van der Waals surface area contributed by atoms with Gasteiger partial charge in [-0.1, -0.05) is 6.07 Å². The number of amides is 1. The second kappa shape index (κ2) is 4.78. The van der Waals surface area contributed by atoms with Gasteiger partial charge in [0.25, 0.3) is 5.91 Å². The largest absolute Gasteiger partial charge is 0.426 e. The molecular weight excluding hydrogens is 277 g/mol. The molecule has 1 aliphatic carbocycles. The van der Waals surface area contributed by atoms with E-state index in [0.29, 0.717) is 17.7 Å². The number of esters is 1. The first kappa shape index (κ1) is 13.2. The van der Waals surface area contributed by atoms with Crippen molar-refractivity contribution in [1.29, 1.82) is 0 Å². The van der Waals surface area contributed by atoms with Gasteiger partial charge in [-0.05, 0) is 24.6 Å². The molecule has 96 valence electrons. The predicted octanol–water partition coefficient (Wildman–Crippen LogP) is 2.15. The second-order valence-electron chi connectivity index (χ2n) is 4.05. The summed E-state index contributed by atoms with van der Waals surface area (Å²) in [5.74, 6) is -0.918. The summed E-state index contributed by atoms with van der Waals surface area (Å²) in [6, 6.07) is 6.34. The molecule has 1 aromatic rings. The van der Waals surface area contributed by atoms with Crippen LogP contribution in [0.2, 0.25) is 0 Å². The van der Waals surface area contributed by atoms with Gasteiger partial charge in [-0.25, -0.2) is 0 Å². The highest BCUT2D eigenvalue weighted by Crippen LogP contribution is 2.53. The highest BCUT2D eigenvalue weighted by Gasteiger charge is 2.57. The van der Waals surface area contributed by atoms with E-state index in [1.54, 1.807) is 18.2 Å². The molecule has 0 spiro atoms. The fourth-order valence-electron chi connectivity index (χ4n) is 1.50. The molecule has 2 rings (SSSR count). The van der Waals surface area contributed by atoms with Gasteiger partial charge in [-0.15, -0.1) is 23.2 Å². The number of carbonyl (C=O) groups is 2. The van der Waals surface area contributed by atoms with E-state index in [-0.39, 0.29) is 5.91 Å². The molecule has 1 aromatic carbocycles. The van der Waals surface area contributed by atoms with E-state index in [2.05, 4.69) is 5.32 Å². The summed E-state index contributed by atoms with van der Waals surface area (Å²) in [5, 5.41) is 2.49. The van der Waals surface area contributed by atoms with Crippen LogP contribution in [0.1, 0.15) is 16.8 Å². The van der Waals surface area contributed by atoms with E-state index in [1.165, 1.54) is 13.1 Å². The molecule has 1 atom stereocenters. The fourth-order valence-corrected chi connectivity index (χ4v) is 1.99. The summed E-state index contributed by atoms with van der Waals surface area (Å²) in [6.45, 7) is 0. The van der Waals surface area contributed by atoms with Crippen molar-refractivity contribution in [3.8, 4) is 5.75 Å². The van der Waals surface area contributed by atoms with Crippen molar-refractivity contribution in [2.24, 2.45) is 5.92 Å². The summed E-state index contributed by atoms with van der Waals surface area (Å²) < 4.78 is 4.12. The van der Waals surface area contributed by atoms with E-state index in [4.69, 9.17) is 27.9 Å². The maximum atomic E-state index is 11.6. The third-order valence-electron chi connectivity index (χ3n) is 2.65. The van der Waals surface area contributed by atoms with Gasteiger partial charge in [0.05, 0.1) is 5.92 Å². The van der Waals surface area contributed by atoms with Gasteiger partial charge in [0.1, 0.15) is 10.1 Å². The highest BCUT2D eigenvalue weighted by molar-refractivity contribution is 6.52. The first-order chi connectivity index (χ1) is 8.44. The van der Waals surface area contributed by atoms with E-state index >= 15 is 0 Å². The molecule has 0 heterocycles. The maximum Gasteiger partial charge on any atom is 0.317 e. The van der Waals surface area contributed by atoms with Gasteiger partial charge < -0.3 is 10.1 Å². The lowest BCUT2D eigenvalue weighted by molar-refractivity contribution is -0.135. The lowest BCUT2D eigenvalue weighted by Crippen LogP contribution is -2.18. The molecule has 18 heavy (non-hydrogen) atoms. The fraction of sp³-hybridized carbons (Fsp3) is 0.333. The normalized spacial score (nSPS) is 20.1. The van der Waals surface area contributed by atoms with Crippen LogP contribution in [-0.2, 0) is 4.79 Å². The Kier molecular flexibility index (Phi) is 3.50. The van der Waals surface area contributed by atoms with Crippen LogP contribution in [0.25, 0.3) is 0 Å². The monoisotopic (exact) mass is 287 g/mol. The Morgan fingerprint density at radius 2 is 2.11 bits per heavy atom. The van der Waals surface area contributed by atoms with Gasteiger partial charge in [0.2, 0.25) is 0 Å². The minimum atomic E-state index is -1.00. The van der Waals surface area contributed by atoms with Crippen molar-refractivity contribution in [1.82, 2.24) is 5.32 Å². The van der Waals surface area contributed by atoms with Gasteiger partial charge in [0, 0.05) is 12.6 Å². The number of halogens is 2. The summed E-state index contributed by atoms with van der Waals surface area (Å²) in [7, 11) is 1.53. The molecular formula is C12H11Cl2NO3. The molecule has 1 N–H and O–H groups in total. The Hall–Kier alpha value is -1.26. The predicted molar refractivity (Wildman–Crippen MR) is 68.0 cm³/mol. The maximum absolute atomic E-state index is 11.6. The zero-order valence-electron chi connectivity index (χ0n) is 9.57. The molecule has 1 aliphatic rings. The van der Waals surface area contributed by atoms with Crippen molar-refractivity contribution in [2.45, 2.75) is 10.8 Å². The molecule has 4 nitrogen and oxygen atoms in total. The SMILES string of the molecule is CNC(=O)c1cccc(OC(=O)C2CC2(Cl)Cl)c1.